The highest BCUT2D eigenvalue weighted by Crippen LogP contribution is 2.31. The Bertz CT molecular complexity index is 1380. The maximum absolute atomic E-state index is 10.9. The molecule has 3 heterocycles. The second kappa shape index (κ2) is 9.38. The highest BCUT2D eigenvalue weighted by molar-refractivity contribution is 5.85. The predicted molar refractivity (Wildman–Crippen MR) is 128 cm³/mol. The molecule has 2 aromatic carbocycles. The molecule has 0 amide bonds. The van der Waals surface area contributed by atoms with E-state index in [9.17, 15) is 5.11 Å². The Morgan fingerprint density at radius 2 is 1.79 bits per heavy atom. The third-order valence-electron chi connectivity index (χ3n) is 5.54. The minimum atomic E-state index is 0. The number of halogens is 1. The number of aromatic amines is 1. The molecular formula is C24H24ClN7O. The Balaban J connectivity index is 0.00000259. The molecule has 0 aliphatic heterocycles. The number of hydrogen-bond acceptors (Lipinski definition) is 6. The van der Waals surface area contributed by atoms with Gasteiger partial charge in [-0.3, -0.25) is 0 Å². The standard InChI is InChI=1S/C24H23N7O.ClH/c1-3-6-21-20(24(32)31-22(25-21)13-15(2)28-31)14-16-9-11-17(12-10-16)18-7-4-5-8-19(18)23-26-29-30-27-23;/h4-5,7-13,32H,3,6,14H2,1-2H3,(H,26,27,29,30);1H. The van der Waals surface area contributed by atoms with E-state index >= 15 is 0 Å². The van der Waals surface area contributed by atoms with E-state index < -0.39 is 0 Å². The fourth-order valence-electron chi connectivity index (χ4n) is 4.03. The zero-order valence-corrected chi connectivity index (χ0v) is 19.2. The van der Waals surface area contributed by atoms with E-state index in [0.717, 1.165) is 52.0 Å². The molecule has 0 atom stereocenters. The Labute approximate surface area is 197 Å². The molecule has 0 radical (unpaired) electrons. The number of hydrogen-bond donors (Lipinski definition) is 2. The maximum atomic E-state index is 10.9. The Hall–Kier alpha value is -3.78. The molecular weight excluding hydrogens is 438 g/mol. The summed E-state index contributed by atoms with van der Waals surface area (Å²) in [5, 5.41) is 29.6. The van der Waals surface area contributed by atoms with Gasteiger partial charge in [0, 0.05) is 23.6 Å². The minimum absolute atomic E-state index is 0. The summed E-state index contributed by atoms with van der Waals surface area (Å²) in [4.78, 5) is 4.77. The minimum Gasteiger partial charge on any atom is -0.493 e. The van der Waals surface area contributed by atoms with Crippen molar-refractivity contribution in [1.82, 2.24) is 35.2 Å². The van der Waals surface area contributed by atoms with Gasteiger partial charge in [-0.25, -0.2) is 10.1 Å². The quantitative estimate of drug-likeness (QED) is 0.384. The summed E-state index contributed by atoms with van der Waals surface area (Å²) < 4.78 is 1.53. The van der Waals surface area contributed by atoms with E-state index in [0.29, 0.717) is 17.9 Å². The van der Waals surface area contributed by atoms with Gasteiger partial charge in [-0.15, -0.1) is 17.5 Å². The summed E-state index contributed by atoms with van der Waals surface area (Å²) in [6.07, 6.45) is 2.34. The molecule has 0 spiro atoms. The van der Waals surface area contributed by atoms with Crippen LogP contribution in [0.1, 0.15) is 35.9 Å². The second-order valence-electron chi connectivity index (χ2n) is 7.84. The first-order chi connectivity index (χ1) is 15.6. The molecule has 168 valence electrons. The van der Waals surface area contributed by atoms with Gasteiger partial charge < -0.3 is 5.11 Å². The third-order valence-corrected chi connectivity index (χ3v) is 5.54. The molecule has 0 aliphatic rings. The zero-order valence-electron chi connectivity index (χ0n) is 18.4. The molecule has 5 rings (SSSR count). The van der Waals surface area contributed by atoms with Crippen molar-refractivity contribution in [1.29, 1.82) is 0 Å². The second-order valence-corrected chi connectivity index (χ2v) is 7.84. The van der Waals surface area contributed by atoms with Gasteiger partial charge >= 0.3 is 0 Å². The SMILES string of the molecule is CCCc1nc2cc(C)nn2c(O)c1Cc1ccc(-c2ccccc2-c2nnn[nH]2)cc1.Cl. The van der Waals surface area contributed by atoms with Crippen LogP contribution in [0.4, 0.5) is 0 Å². The topological polar surface area (TPSA) is 105 Å². The van der Waals surface area contributed by atoms with Gasteiger partial charge in [0.15, 0.2) is 11.5 Å². The Kier molecular flexibility index (Phi) is 6.37. The van der Waals surface area contributed by atoms with Crippen LogP contribution in [0.5, 0.6) is 5.88 Å². The Morgan fingerprint density at radius 3 is 2.48 bits per heavy atom. The predicted octanol–water partition coefficient (Wildman–Crippen LogP) is 4.56. The molecule has 2 N–H and O–H groups in total. The highest BCUT2D eigenvalue weighted by Gasteiger charge is 2.17. The average molecular weight is 462 g/mol. The molecule has 0 fully saturated rings. The smallest absolute Gasteiger partial charge is 0.219 e. The molecule has 5 aromatic rings. The first-order valence-electron chi connectivity index (χ1n) is 10.6. The summed E-state index contributed by atoms with van der Waals surface area (Å²) in [6, 6.07) is 18.2. The molecule has 33 heavy (non-hydrogen) atoms. The number of aromatic hydroxyl groups is 1. The fourth-order valence-corrected chi connectivity index (χ4v) is 4.03. The lowest BCUT2D eigenvalue weighted by Crippen LogP contribution is -2.05. The maximum Gasteiger partial charge on any atom is 0.219 e. The van der Waals surface area contributed by atoms with E-state index in [1.54, 1.807) is 0 Å². The van der Waals surface area contributed by atoms with Crippen LogP contribution in [0, 0.1) is 6.92 Å². The molecule has 0 aliphatic carbocycles. The molecule has 3 aromatic heterocycles. The number of aryl methyl sites for hydroxylation is 2. The van der Waals surface area contributed by atoms with Gasteiger partial charge in [-0.2, -0.15) is 9.61 Å². The summed E-state index contributed by atoms with van der Waals surface area (Å²) in [7, 11) is 0. The number of aromatic nitrogens is 7. The Morgan fingerprint density at radius 1 is 1.03 bits per heavy atom. The number of fused-ring (bicyclic) bond motifs is 1. The van der Waals surface area contributed by atoms with Crippen LogP contribution in [0.25, 0.3) is 28.2 Å². The highest BCUT2D eigenvalue weighted by atomic mass is 35.5. The largest absolute Gasteiger partial charge is 0.493 e. The van der Waals surface area contributed by atoms with Crippen molar-refractivity contribution in [2.75, 3.05) is 0 Å². The van der Waals surface area contributed by atoms with Gasteiger partial charge in [-0.05, 0) is 40.5 Å². The molecule has 0 saturated carbocycles. The van der Waals surface area contributed by atoms with Crippen LogP contribution < -0.4 is 0 Å². The van der Waals surface area contributed by atoms with E-state index in [1.165, 1.54) is 4.52 Å². The molecule has 0 saturated heterocycles. The van der Waals surface area contributed by atoms with Crippen LogP contribution in [0.2, 0.25) is 0 Å². The van der Waals surface area contributed by atoms with Crippen LogP contribution in [-0.4, -0.2) is 40.3 Å². The number of nitrogens with zero attached hydrogens (tertiary/aromatic N) is 6. The molecule has 0 bridgehead atoms. The number of rotatable bonds is 6. The van der Waals surface area contributed by atoms with Crippen molar-refractivity contribution in [3.05, 3.63) is 77.1 Å². The lowest BCUT2D eigenvalue weighted by Gasteiger charge is -2.13. The third kappa shape index (κ3) is 4.29. The first kappa shape index (κ1) is 22.4. The lowest BCUT2D eigenvalue weighted by molar-refractivity contribution is 0.426. The van der Waals surface area contributed by atoms with Gasteiger partial charge in [0.2, 0.25) is 5.88 Å². The summed E-state index contributed by atoms with van der Waals surface area (Å²) in [5.41, 5.74) is 7.39. The number of H-pyrrole nitrogens is 1. The van der Waals surface area contributed by atoms with E-state index in [-0.39, 0.29) is 18.3 Å². The van der Waals surface area contributed by atoms with Crippen molar-refractivity contribution in [3.8, 4) is 28.4 Å². The summed E-state index contributed by atoms with van der Waals surface area (Å²) in [6.45, 7) is 4.02. The van der Waals surface area contributed by atoms with Gasteiger partial charge in [0.1, 0.15) is 0 Å². The first-order valence-corrected chi connectivity index (χ1v) is 10.6. The van der Waals surface area contributed by atoms with Crippen molar-refractivity contribution < 1.29 is 5.11 Å². The van der Waals surface area contributed by atoms with E-state index in [1.807, 2.05) is 31.2 Å². The summed E-state index contributed by atoms with van der Waals surface area (Å²) in [5.74, 6) is 0.798. The zero-order chi connectivity index (χ0) is 22.1. The number of nitrogens with one attached hydrogen (secondary N) is 1. The van der Waals surface area contributed by atoms with Crippen LogP contribution in [0.3, 0.4) is 0 Å². The lowest BCUT2D eigenvalue weighted by atomic mass is 9.96. The number of tetrazole rings is 1. The van der Waals surface area contributed by atoms with Crippen LogP contribution in [0.15, 0.2) is 54.6 Å². The van der Waals surface area contributed by atoms with Gasteiger partial charge in [0.25, 0.3) is 0 Å². The summed E-state index contributed by atoms with van der Waals surface area (Å²) >= 11 is 0. The van der Waals surface area contributed by atoms with Crippen molar-refractivity contribution in [3.63, 3.8) is 0 Å². The molecule has 0 unspecified atom stereocenters. The van der Waals surface area contributed by atoms with Crippen molar-refractivity contribution in [2.45, 2.75) is 33.1 Å². The van der Waals surface area contributed by atoms with E-state index in [2.05, 4.69) is 63.0 Å². The fraction of sp³-hybridized carbons (Fsp3) is 0.208. The molecule has 9 heteroatoms. The average Bonchev–Trinajstić information content (AvgIpc) is 3.47. The molecule has 8 nitrogen and oxygen atoms in total. The normalized spacial score (nSPS) is 11.0. The van der Waals surface area contributed by atoms with E-state index in [4.69, 9.17) is 4.98 Å². The van der Waals surface area contributed by atoms with Gasteiger partial charge in [-0.1, -0.05) is 61.9 Å². The van der Waals surface area contributed by atoms with Crippen LogP contribution in [-0.2, 0) is 12.8 Å². The van der Waals surface area contributed by atoms with Crippen LogP contribution >= 0.6 is 12.4 Å². The van der Waals surface area contributed by atoms with Crippen molar-refractivity contribution >= 4 is 18.1 Å². The number of benzene rings is 2. The van der Waals surface area contributed by atoms with Crippen molar-refractivity contribution in [2.24, 2.45) is 0 Å². The van der Waals surface area contributed by atoms with Gasteiger partial charge in [0.05, 0.1) is 11.4 Å². The monoisotopic (exact) mass is 461 g/mol.